The van der Waals surface area contributed by atoms with Crippen molar-refractivity contribution in [1.29, 1.82) is 0 Å². The lowest BCUT2D eigenvalue weighted by molar-refractivity contribution is -0.136. The average molecular weight is 431 g/mol. The number of carbonyl (C=O) groups excluding carboxylic acids is 4. The van der Waals surface area contributed by atoms with Gasteiger partial charge in [0, 0.05) is 31.7 Å². The highest BCUT2D eigenvalue weighted by Crippen LogP contribution is 2.35. The molecule has 3 rings (SSSR count). The normalized spacial score (nSPS) is 17.6. The number of hydrogen-bond acceptors (Lipinski definition) is 6. The third-order valence-corrected chi connectivity index (χ3v) is 5.23. The summed E-state index contributed by atoms with van der Waals surface area (Å²) in [4.78, 5) is 54.4. The largest absolute Gasteiger partial charge is 0.482 e. The molecule has 2 heterocycles. The molecule has 0 aromatic heterocycles. The van der Waals surface area contributed by atoms with Crippen molar-refractivity contribution in [1.82, 2.24) is 9.80 Å². The molecule has 168 valence electrons. The smallest absolute Gasteiger partial charge is 0.410 e. The second-order valence-corrected chi connectivity index (χ2v) is 8.76. The van der Waals surface area contributed by atoms with Crippen molar-refractivity contribution in [2.75, 3.05) is 37.7 Å². The number of ketones is 1. The molecule has 0 bridgehead atoms. The Hall–Kier alpha value is -3.10. The van der Waals surface area contributed by atoms with Gasteiger partial charge >= 0.3 is 6.09 Å². The summed E-state index contributed by atoms with van der Waals surface area (Å²) in [5, 5.41) is 0. The Morgan fingerprint density at radius 3 is 2.26 bits per heavy atom. The Morgan fingerprint density at radius 1 is 1.06 bits per heavy atom. The van der Waals surface area contributed by atoms with Crippen LogP contribution >= 0.6 is 0 Å². The fourth-order valence-corrected chi connectivity index (χ4v) is 3.63. The number of hydrogen-bond donors (Lipinski definition) is 0. The number of piperazine rings is 1. The number of rotatable bonds is 3. The fourth-order valence-electron chi connectivity index (χ4n) is 3.63. The first kappa shape index (κ1) is 22.6. The van der Waals surface area contributed by atoms with E-state index in [0.717, 1.165) is 0 Å². The van der Waals surface area contributed by atoms with Crippen LogP contribution in [0.2, 0.25) is 0 Å². The molecule has 2 aliphatic heterocycles. The number of fused-ring (bicyclic) bond motifs is 1. The second kappa shape index (κ2) is 8.56. The maximum Gasteiger partial charge on any atom is 0.410 e. The first-order valence-electron chi connectivity index (χ1n) is 10.3. The predicted octanol–water partition coefficient (Wildman–Crippen LogP) is 2.08. The molecular formula is C22H29N3O6. The fraction of sp³-hybridized carbons (Fsp3) is 0.545. The van der Waals surface area contributed by atoms with Crippen molar-refractivity contribution in [2.24, 2.45) is 0 Å². The van der Waals surface area contributed by atoms with E-state index in [1.165, 1.54) is 11.8 Å². The lowest BCUT2D eigenvalue weighted by Gasteiger charge is -2.39. The van der Waals surface area contributed by atoms with Crippen LogP contribution in [0.5, 0.6) is 5.75 Å². The van der Waals surface area contributed by atoms with E-state index < -0.39 is 17.7 Å². The van der Waals surface area contributed by atoms with Gasteiger partial charge in [-0.3, -0.25) is 19.3 Å². The van der Waals surface area contributed by atoms with Crippen LogP contribution in [-0.4, -0.2) is 77.9 Å². The highest BCUT2D eigenvalue weighted by atomic mass is 16.6. The number of amides is 3. The Labute approximate surface area is 181 Å². The van der Waals surface area contributed by atoms with E-state index >= 15 is 0 Å². The summed E-state index contributed by atoms with van der Waals surface area (Å²) in [6, 6.07) is 4.09. The first-order valence-corrected chi connectivity index (χ1v) is 10.3. The zero-order valence-corrected chi connectivity index (χ0v) is 18.6. The van der Waals surface area contributed by atoms with E-state index in [2.05, 4.69) is 0 Å². The van der Waals surface area contributed by atoms with E-state index in [1.807, 2.05) is 0 Å². The Kier molecular flexibility index (Phi) is 6.24. The van der Waals surface area contributed by atoms with Crippen LogP contribution in [0.3, 0.4) is 0 Å². The van der Waals surface area contributed by atoms with E-state index in [9.17, 15) is 19.2 Å². The third-order valence-electron chi connectivity index (χ3n) is 5.23. The first-order chi connectivity index (χ1) is 14.5. The SMILES string of the molecule is CC(=O)c1ccc2c(c1)N([C@H](C)C(=O)N1CCN(C(=O)OC(C)(C)C)CC1)C(=O)CO2. The van der Waals surface area contributed by atoms with Crippen LogP contribution in [0.15, 0.2) is 18.2 Å². The molecule has 1 saturated heterocycles. The van der Waals surface area contributed by atoms with E-state index in [1.54, 1.807) is 55.7 Å². The molecule has 0 unspecified atom stereocenters. The molecule has 9 nitrogen and oxygen atoms in total. The van der Waals surface area contributed by atoms with Gasteiger partial charge in [0.1, 0.15) is 17.4 Å². The minimum Gasteiger partial charge on any atom is -0.482 e. The van der Waals surface area contributed by atoms with Crippen molar-refractivity contribution in [3.05, 3.63) is 23.8 Å². The molecular weight excluding hydrogens is 402 g/mol. The summed E-state index contributed by atoms with van der Waals surface area (Å²) >= 11 is 0. The molecule has 9 heteroatoms. The van der Waals surface area contributed by atoms with E-state index in [-0.39, 0.29) is 24.2 Å². The van der Waals surface area contributed by atoms with Crippen LogP contribution in [0.25, 0.3) is 0 Å². The van der Waals surface area contributed by atoms with Gasteiger partial charge < -0.3 is 19.3 Å². The molecule has 0 saturated carbocycles. The summed E-state index contributed by atoms with van der Waals surface area (Å²) in [5.41, 5.74) is 0.270. The molecule has 1 fully saturated rings. The van der Waals surface area contributed by atoms with Crippen LogP contribution in [0.4, 0.5) is 10.5 Å². The number of Topliss-reactive ketones (excluding diaryl/α,β-unsaturated/α-hetero) is 1. The van der Waals surface area contributed by atoms with Crippen molar-refractivity contribution >= 4 is 29.4 Å². The van der Waals surface area contributed by atoms with Crippen molar-refractivity contribution < 1.29 is 28.7 Å². The lowest BCUT2D eigenvalue weighted by atomic mass is 10.1. The van der Waals surface area contributed by atoms with Crippen molar-refractivity contribution in [3.8, 4) is 5.75 Å². The Morgan fingerprint density at radius 2 is 1.68 bits per heavy atom. The summed E-state index contributed by atoms with van der Waals surface area (Å²) in [6.45, 7) is 9.76. The van der Waals surface area contributed by atoms with E-state index in [4.69, 9.17) is 9.47 Å². The van der Waals surface area contributed by atoms with Crippen molar-refractivity contribution in [3.63, 3.8) is 0 Å². The number of benzene rings is 1. The molecule has 1 aromatic rings. The maximum atomic E-state index is 13.2. The quantitative estimate of drug-likeness (QED) is 0.680. The van der Waals surface area contributed by atoms with Crippen LogP contribution in [0, 0.1) is 0 Å². The van der Waals surface area contributed by atoms with Crippen molar-refractivity contribution in [2.45, 2.75) is 46.3 Å². The average Bonchev–Trinajstić information content (AvgIpc) is 2.71. The topological polar surface area (TPSA) is 96.5 Å². The molecule has 2 aliphatic rings. The van der Waals surface area contributed by atoms with Gasteiger partial charge in [0.2, 0.25) is 5.91 Å². The monoisotopic (exact) mass is 431 g/mol. The molecule has 1 atom stereocenters. The maximum absolute atomic E-state index is 13.2. The van der Waals surface area contributed by atoms with Gasteiger partial charge in [-0.2, -0.15) is 0 Å². The minimum absolute atomic E-state index is 0.141. The van der Waals surface area contributed by atoms with Gasteiger partial charge in [-0.25, -0.2) is 4.79 Å². The highest BCUT2D eigenvalue weighted by molar-refractivity contribution is 6.05. The minimum atomic E-state index is -0.773. The molecule has 0 spiro atoms. The van der Waals surface area contributed by atoms with Gasteiger partial charge in [0.15, 0.2) is 12.4 Å². The number of nitrogens with zero attached hydrogens (tertiary/aromatic N) is 3. The Balaban J connectivity index is 1.71. The molecule has 0 radical (unpaired) electrons. The predicted molar refractivity (Wildman–Crippen MR) is 113 cm³/mol. The Bertz CT molecular complexity index is 899. The van der Waals surface area contributed by atoms with Crippen LogP contribution < -0.4 is 9.64 Å². The van der Waals surface area contributed by atoms with Gasteiger partial charge in [-0.15, -0.1) is 0 Å². The molecule has 0 aliphatic carbocycles. The van der Waals surface area contributed by atoms with Crippen LogP contribution in [0.1, 0.15) is 45.0 Å². The van der Waals surface area contributed by atoms with Crippen LogP contribution in [-0.2, 0) is 14.3 Å². The summed E-state index contributed by atoms with van der Waals surface area (Å²) in [6.07, 6.45) is -0.401. The molecule has 0 N–H and O–H groups in total. The molecule has 31 heavy (non-hydrogen) atoms. The summed E-state index contributed by atoms with van der Waals surface area (Å²) in [5.74, 6) is -0.253. The summed E-state index contributed by atoms with van der Waals surface area (Å²) < 4.78 is 10.9. The number of ether oxygens (including phenoxy) is 2. The lowest BCUT2D eigenvalue weighted by Crippen LogP contribution is -2.57. The van der Waals surface area contributed by atoms with Gasteiger partial charge in [0.05, 0.1) is 5.69 Å². The van der Waals surface area contributed by atoms with E-state index in [0.29, 0.717) is 43.2 Å². The standard InChI is InChI=1S/C22H29N3O6/c1-14(20(28)23-8-10-24(11-9-23)21(29)31-22(3,4)5)25-17-12-16(15(2)26)6-7-18(17)30-13-19(25)27/h6-7,12,14H,8-11,13H2,1-5H3/t14-/m1/s1. The highest BCUT2D eigenvalue weighted by Gasteiger charge is 2.37. The molecule has 1 aromatic carbocycles. The summed E-state index contributed by atoms with van der Waals surface area (Å²) in [7, 11) is 0. The zero-order chi connectivity index (χ0) is 22.9. The van der Waals surface area contributed by atoms with Gasteiger partial charge in [-0.1, -0.05) is 0 Å². The van der Waals surface area contributed by atoms with Gasteiger partial charge in [0.25, 0.3) is 5.91 Å². The third kappa shape index (κ3) is 4.98. The van der Waals surface area contributed by atoms with Gasteiger partial charge in [-0.05, 0) is 52.8 Å². The number of carbonyl (C=O) groups is 4. The zero-order valence-electron chi connectivity index (χ0n) is 18.6. The molecule has 3 amide bonds. The number of anilines is 1. The second-order valence-electron chi connectivity index (χ2n) is 8.76.